The average molecular weight is 298 g/mol. The summed E-state index contributed by atoms with van der Waals surface area (Å²) in [4.78, 5) is 21.1. The van der Waals surface area contributed by atoms with Crippen LogP contribution in [0.15, 0.2) is 36.7 Å². The lowest BCUT2D eigenvalue weighted by molar-refractivity contribution is 0.0544. The highest BCUT2D eigenvalue weighted by atomic mass is 16.5. The molecular formula is C17H18N2O3. The maximum absolute atomic E-state index is 12.4. The highest BCUT2D eigenvalue weighted by molar-refractivity contribution is 5.97. The summed E-state index contributed by atoms with van der Waals surface area (Å²) in [6.45, 7) is 1.30. The number of carbonyl (C=O) groups is 1. The van der Waals surface area contributed by atoms with E-state index in [0.29, 0.717) is 30.4 Å². The molecule has 0 atom stereocenters. The Hall–Kier alpha value is -2.27. The molecule has 1 aliphatic heterocycles. The van der Waals surface area contributed by atoms with Crippen molar-refractivity contribution in [2.24, 2.45) is 5.92 Å². The van der Waals surface area contributed by atoms with E-state index in [9.17, 15) is 4.79 Å². The summed E-state index contributed by atoms with van der Waals surface area (Å²) >= 11 is 0. The summed E-state index contributed by atoms with van der Waals surface area (Å²) in [6, 6.07) is 7.56. The van der Waals surface area contributed by atoms with Gasteiger partial charge in [0.25, 0.3) is 0 Å². The molecule has 0 spiro atoms. The van der Waals surface area contributed by atoms with Crippen LogP contribution in [0.3, 0.4) is 0 Å². The van der Waals surface area contributed by atoms with Gasteiger partial charge in [0.1, 0.15) is 5.75 Å². The first-order chi connectivity index (χ1) is 10.8. The number of hydrogen-bond donors (Lipinski definition) is 0. The Morgan fingerprint density at radius 2 is 1.86 bits per heavy atom. The van der Waals surface area contributed by atoms with Crippen LogP contribution in [0.25, 0.3) is 11.4 Å². The van der Waals surface area contributed by atoms with Crippen LogP contribution in [-0.4, -0.2) is 36.1 Å². The largest absolute Gasteiger partial charge is 0.496 e. The molecular weight excluding hydrogens is 280 g/mol. The van der Waals surface area contributed by atoms with Gasteiger partial charge in [-0.1, -0.05) is 12.1 Å². The van der Waals surface area contributed by atoms with E-state index < -0.39 is 0 Å². The second-order valence-corrected chi connectivity index (χ2v) is 5.25. The van der Waals surface area contributed by atoms with Crippen molar-refractivity contribution >= 4 is 5.78 Å². The predicted molar refractivity (Wildman–Crippen MR) is 81.9 cm³/mol. The van der Waals surface area contributed by atoms with E-state index in [1.165, 1.54) is 0 Å². The zero-order valence-corrected chi connectivity index (χ0v) is 12.5. The molecule has 2 aromatic rings. The summed E-state index contributed by atoms with van der Waals surface area (Å²) in [7, 11) is 1.61. The lowest BCUT2D eigenvalue weighted by Gasteiger charge is -2.20. The second kappa shape index (κ2) is 6.66. The Bertz CT molecular complexity index is 649. The van der Waals surface area contributed by atoms with Gasteiger partial charge < -0.3 is 9.47 Å². The molecule has 114 valence electrons. The van der Waals surface area contributed by atoms with Crippen molar-refractivity contribution < 1.29 is 14.3 Å². The summed E-state index contributed by atoms with van der Waals surface area (Å²) in [5.41, 5.74) is 1.38. The van der Waals surface area contributed by atoms with E-state index >= 15 is 0 Å². The molecule has 3 rings (SSSR count). The minimum absolute atomic E-state index is 0.0226. The molecule has 0 aliphatic carbocycles. The highest BCUT2D eigenvalue weighted by Gasteiger charge is 2.23. The molecule has 0 amide bonds. The number of methoxy groups -OCH3 is 1. The van der Waals surface area contributed by atoms with Gasteiger partial charge in [-0.05, 0) is 25.0 Å². The number of ether oxygens (including phenoxy) is 2. The summed E-state index contributed by atoms with van der Waals surface area (Å²) in [6.07, 6.45) is 4.75. The summed E-state index contributed by atoms with van der Waals surface area (Å²) in [5, 5.41) is 0. The van der Waals surface area contributed by atoms with Crippen LogP contribution in [-0.2, 0) is 4.74 Å². The normalized spacial score (nSPS) is 15.5. The van der Waals surface area contributed by atoms with Crippen molar-refractivity contribution in [3.8, 4) is 17.1 Å². The van der Waals surface area contributed by atoms with Gasteiger partial charge in [0.05, 0.1) is 18.2 Å². The molecule has 0 N–H and O–H groups in total. The van der Waals surface area contributed by atoms with E-state index in [2.05, 4.69) is 9.97 Å². The molecule has 2 heterocycles. The van der Waals surface area contributed by atoms with E-state index in [1.807, 2.05) is 24.3 Å². The molecule has 1 aliphatic rings. The smallest absolute Gasteiger partial charge is 0.169 e. The van der Waals surface area contributed by atoms with Gasteiger partial charge in [0.2, 0.25) is 0 Å². The Labute approximate surface area is 129 Å². The summed E-state index contributed by atoms with van der Waals surface area (Å²) < 4.78 is 10.6. The molecule has 1 saturated heterocycles. The first-order valence-electron chi connectivity index (χ1n) is 7.37. The molecule has 1 aromatic heterocycles. The number of hydrogen-bond acceptors (Lipinski definition) is 5. The third-order valence-electron chi connectivity index (χ3n) is 3.88. The minimum atomic E-state index is 0.0226. The number of rotatable bonds is 4. The van der Waals surface area contributed by atoms with Gasteiger partial charge in [-0.2, -0.15) is 0 Å². The maximum atomic E-state index is 12.4. The number of ketones is 1. The highest BCUT2D eigenvalue weighted by Crippen LogP contribution is 2.27. The molecule has 1 aromatic carbocycles. The Balaban J connectivity index is 1.82. The van der Waals surface area contributed by atoms with Gasteiger partial charge in [-0.15, -0.1) is 0 Å². The molecule has 0 bridgehead atoms. The van der Waals surface area contributed by atoms with E-state index in [-0.39, 0.29) is 11.7 Å². The van der Waals surface area contributed by atoms with E-state index in [1.54, 1.807) is 19.5 Å². The monoisotopic (exact) mass is 298 g/mol. The number of carbonyl (C=O) groups excluding carboxylic acids is 1. The number of Topliss-reactive ketones (excluding diaryl/α,β-unsaturated/α-hetero) is 1. The SMILES string of the molecule is COc1ccccc1-c1ncc(C(=O)C2CCOCC2)cn1. The summed E-state index contributed by atoms with van der Waals surface area (Å²) in [5.74, 6) is 1.40. The first-order valence-corrected chi connectivity index (χ1v) is 7.37. The molecule has 0 saturated carbocycles. The fourth-order valence-electron chi connectivity index (χ4n) is 2.62. The van der Waals surface area contributed by atoms with Crippen molar-refractivity contribution in [1.82, 2.24) is 9.97 Å². The van der Waals surface area contributed by atoms with Crippen molar-refractivity contribution in [3.05, 3.63) is 42.2 Å². The molecule has 22 heavy (non-hydrogen) atoms. The predicted octanol–water partition coefficient (Wildman–Crippen LogP) is 2.76. The lowest BCUT2D eigenvalue weighted by Crippen LogP contribution is -2.23. The van der Waals surface area contributed by atoms with Crippen molar-refractivity contribution in [2.75, 3.05) is 20.3 Å². The first kappa shape index (κ1) is 14.7. The Morgan fingerprint density at radius 1 is 1.18 bits per heavy atom. The Kier molecular flexibility index (Phi) is 4.44. The number of nitrogens with zero attached hydrogens (tertiary/aromatic N) is 2. The molecule has 0 radical (unpaired) electrons. The molecule has 5 heteroatoms. The minimum Gasteiger partial charge on any atom is -0.496 e. The van der Waals surface area contributed by atoms with Crippen LogP contribution < -0.4 is 4.74 Å². The maximum Gasteiger partial charge on any atom is 0.169 e. The van der Waals surface area contributed by atoms with Crippen molar-refractivity contribution in [2.45, 2.75) is 12.8 Å². The van der Waals surface area contributed by atoms with Crippen LogP contribution in [0, 0.1) is 5.92 Å². The Morgan fingerprint density at radius 3 is 2.55 bits per heavy atom. The third kappa shape index (κ3) is 2.99. The lowest BCUT2D eigenvalue weighted by atomic mass is 9.92. The second-order valence-electron chi connectivity index (χ2n) is 5.25. The van der Waals surface area contributed by atoms with E-state index in [0.717, 1.165) is 18.4 Å². The topological polar surface area (TPSA) is 61.3 Å². The molecule has 5 nitrogen and oxygen atoms in total. The third-order valence-corrected chi connectivity index (χ3v) is 3.88. The number of para-hydroxylation sites is 1. The van der Waals surface area contributed by atoms with E-state index in [4.69, 9.17) is 9.47 Å². The van der Waals surface area contributed by atoms with Gasteiger partial charge in [0.15, 0.2) is 11.6 Å². The van der Waals surface area contributed by atoms with Gasteiger partial charge in [0, 0.05) is 31.5 Å². The standard InChI is InChI=1S/C17H18N2O3/c1-21-15-5-3-2-4-14(15)17-18-10-13(11-19-17)16(20)12-6-8-22-9-7-12/h2-5,10-12H,6-9H2,1H3. The van der Waals surface area contributed by atoms with Gasteiger partial charge in [-0.3, -0.25) is 4.79 Å². The molecule has 1 fully saturated rings. The van der Waals surface area contributed by atoms with Crippen LogP contribution in [0.2, 0.25) is 0 Å². The van der Waals surface area contributed by atoms with Gasteiger partial charge in [-0.25, -0.2) is 9.97 Å². The number of benzene rings is 1. The fourth-order valence-corrected chi connectivity index (χ4v) is 2.62. The van der Waals surface area contributed by atoms with Crippen LogP contribution in [0.5, 0.6) is 5.75 Å². The van der Waals surface area contributed by atoms with Crippen molar-refractivity contribution in [1.29, 1.82) is 0 Å². The van der Waals surface area contributed by atoms with Crippen LogP contribution in [0.1, 0.15) is 23.2 Å². The van der Waals surface area contributed by atoms with Crippen LogP contribution in [0.4, 0.5) is 0 Å². The average Bonchev–Trinajstić information content (AvgIpc) is 2.62. The zero-order chi connectivity index (χ0) is 15.4. The quantitative estimate of drug-likeness (QED) is 0.812. The van der Waals surface area contributed by atoms with Crippen molar-refractivity contribution in [3.63, 3.8) is 0 Å². The fraction of sp³-hybridized carbons (Fsp3) is 0.353. The van der Waals surface area contributed by atoms with Crippen LogP contribution >= 0.6 is 0 Å². The zero-order valence-electron chi connectivity index (χ0n) is 12.5. The van der Waals surface area contributed by atoms with Gasteiger partial charge >= 0.3 is 0 Å². The molecule has 0 unspecified atom stereocenters. The number of aromatic nitrogens is 2.